The minimum Gasteiger partial charge on any atom is -0.469 e. The minimum atomic E-state index is 0.208. The van der Waals surface area contributed by atoms with E-state index >= 15 is 0 Å². The smallest absolute Gasteiger partial charge is 0.191 e. The second-order valence-electron chi connectivity index (χ2n) is 6.58. The summed E-state index contributed by atoms with van der Waals surface area (Å²) in [6.45, 7) is 7.54. The number of hydrogen-bond acceptors (Lipinski definition) is 4. The van der Waals surface area contributed by atoms with Crippen molar-refractivity contribution in [2.75, 3.05) is 39.3 Å². The number of nitrogens with zero attached hydrogens (tertiary/aromatic N) is 2. The molecule has 2 aliphatic heterocycles. The van der Waals surface area contributed by atoms with Crippen LogP contribution in [0.15, 0.2) is 27.8 Å². The quantitative estimate of drug-likeness (QED) is 0.612. The molecule has 0 spiro atoms. The Morgan fingerprint density at radius 3 is 3.17 bits per heavy atom. The molecule has 0 radical (unpaired) electrons. The number of rotatable bonds is 6. The number of nitrogens with one attached hydrogen (secondary N) is 2. The van der Waals surface area contributed by atoms with E-state index in [0.717, 1.165) is 44.4 Å². The molecule has 1 aromatic heterocycles. The monoisotopic (exact) mass is 334 g/mol. The van der Waals surface area contributed by atoms with Crippen molar-refractivity contribution in [1.82, 2.24) is 15.5 Å². The zero-order chi connectivity index (χ0) is 16.6. The Labute approximate surface area is 144 Å². The Morgan fingerprint density at radius 1 is 1.38 bits per heavy atom. The summed E-state index contributed by atoms with van der Waals surface area (Å²) in [5, 5.41) is 6.66. The molecule has 2 fully saturated rings. The summed E-state index contributed by atoms with van der Waals surface area (Å²) in [7, 11) is 0. The molecule has 6 heteroatoms. The molecule has 6 nitrogen and oxygen atoms in total. The lowest BCUT2D eigenvalue weighted by molar-refractivity contribution is -0.0702. The molecule has 2 saturated heterocycles. The maximum Gasteiger partial charge on any atom is 0.191 e. The van der Waals surface area contributed by atoms with Crippen molar-refractivity contribution < 1.29 is 9.15 Å². The van der Waals surface area contributed by atoms with E-state index in [4.69, 9.17) is 14.1 Å². The number of furan rings is 1. The fourth-order valence-corrected chi connectivity index (χ4v) is 3.45. The highest BCUT2D eigenvalue weighted by Gasteiger charge is 2.30. The molecular formula is C18H30N4O2. The maximum atomic E-state index is 6.02. The summed E-state index contributed by atoms with van der Waals surface area (Å²) in [4.78, 5) is 7.29. The molecule has 0 aliphatic carbocycles. The third kappa shape index (κ3) is 4.98. The van der Waals surface area contributed by atoms with Crippen LogP contribution in [0.5, 0.6) is 0 Å². The molecule has 2 N–H and O–H groups in total. The highest BCUT2D eigenvalue weighted by Crippen LogP contribution is 2.22. The SMILES string of the molecule is CCNC(=NC[C@@H]1CN2CCCC[C@@H]2CO1)NCCc1ccco1. The van der Waals surface area contributed by atoms with Gasteiger partial charge in [-0.05, 0) is 38.4 Å². The van der Waals surface area contributed by atoms with E-state index in [1.807, 2.05) is 12.1 Å². The number of aliphatic imine (C=N–C) groups is 1. The lowest BCUT2D eigenvalue weighted by Crippen LogP contribution is -2.52. The van der Waals surface area contributed by atoms with Crippen LogP contribution in [-0.2, 0) is 11.2 Å². The zero-order valence-electron chi connectivity index (χ0n) is 14.7. The summed E-state index contributed by atoms with van der Waals surface area (Å²) < 4.78 is 11.4. The van der Waals surface area contributed by atoms with Crippen LogP contribution in [0.3, 0.4) is 0 Å². The lowest BCUT2D eigenvalue weighted by Gasteiger charge is -2.42. The summed E-state index contributed by atoms with van der Waals surface area (Å²) >= 11 is 0. The highest BCUT2D eigenvalue weighted by atomic mass is 16.5. The van der Waals surface area contributed by atoms with Crippen LogP contribution in [0.4, 0.5) is 0 Å². The van der Waals surface area contributed by atoms with Gasteiger partial charge in [0, 0.05) is 32.1 Å². The third-order valence-corrected chi connectivity index (χ3v) is 4.75. The van der Waals surface area contributed by atoms with Crippen molar-refractivity contribution >= 4 is 5.96 Å². The van der Waals surface area contributed by atoms with Crippen molar-refractivity contribution in [2.45, 2.75) is 44.8 Å². The van der Waals surface area contributed by atoms with Gasteiger partial charge in [0.05, 0.1) is 25.5 Å². The van der Waals surface area contributed by atoms with Gasteiger partial charge < -0.3 is 19.8 Å². The van der Waals surface area contributed by atoms with Crippen molar-refractivity contribution in [1.29, 1.82) is 0 Å². The van der Waals surface area contributed by atoms with Crippen LogP contribution in [0, 0.1) is 0 Å². The van der Waals surface area contributed by atoms with Crippen LogP contribution in [0.2, 0.25) is 0 Å². The first kappa shape index (κ1) is 17.3. The predicted octanol–water partition coefficient (Wildman–Crippen LogP) is 1.63. The fraction of sp³-hybridized carbons (Fsp3) is 0.722. The molecule has 0 amide bonds. The first-order valence-corrected chi connectivity index (χ1v) is 9.25. The van der Waals surface area contributed by atoms with Crippen LogP contribution in [0.1, 0.15) is 31.9 Å². The molecule has 0 unspecified atom stereocenters. The van der Waals surface area contributed by atoms with E-state index in [2.05, 4.69) is 22.5 Å². The molecule has 0 bridgehead atoms. The molecule has 2 aliphatic rings. The molecule has 0 saturated carbocycles. The normalized spacial score (nSPS) is 25.3. The van der Waals surface area contributed by atoms with Gasteiger partial charge in [0.1, 0.15) is 5.76 Å². The summed E-state index contributed by atoms with van der Waals surface area (Å²) in [5.74, 6) is 1.85. The number of morpholine rings is 1. The Morgan fingerprint density at radius 2 is 2.33 bits per heavy atom. The molecule has 0 aromatic carbocycles. The topological polar surface area (TPSA) is 62.0 Å². The van der Waals surface area contributed by atoms with Crippen LogP contribution >= 0.6 is 0 Å². The third-order valence-electron chi connectivity index (χ3n) is 4.75. The predicted molar refractivity (Wildman–Crippen MR) is 95.3 cm³/mol. The maximum absolute atomic E-state index is 6.02. The summed E-state index contributed by atoms with van der Waals surface area (Å²) in [6.07, 6.45) is 6.73. The van der Waals surface area contributed by atoms with Gasteiger partial charge >= 0.3 is 0 Å². The molecule has 24 heavy (non-hydrogen) atoms. The fourth-order valence-electron chi connectivity index (χ4n) is 3.45. The average molecular weight is 334 g/mol. The Bertz CT molecular complexity index is 503. The van der Waals surface area contributed by atoms with Gasteiger partial charge in [-0.15, -0.1) is 0 Å². The Balaban J connectivity index is 1.44. The average Bonchev–Trinajstić information content (AvgIpc) is 3.13. The summed E-state index contributed by atoms with van der Waals surface area (Å²) in [5.41, 5.74) is 0. The van der Waals surface area contributed by atoms with Gasteiger partial charge in [-0.25, -0.2) is 0 Å². The number of fused-ring (bicyclic) bond motifs is 1. The van der Waals surface area contributed by atoms with Crippen molar-refractivity contribution in [3.8, 4) is 0 Å². The number of ether oxygens (including phenoxy) is 1. The zero-order valence-corrected chi connectivity index (χ0v) is 14.7. The van der Waals surface area contributed by atoms with E-state index in [1.54, 1.807) is 6.26 Å². The standard InChI is InChI=1S/C18H30N4O2/c1-2-19-18(20-9-8-16-7-5-11-23-16)21-12-17-13-22-10-4-3-6-15(22)14-24-17/h5,7,11,15,17H,2-4,6,8-10,12-14H2,1H3,(H2,19,20,21)/t15-,17-/m1/s1. The van der Waals surface area contributed by atoms with Crippen LogP contribution < -0.4 is 10.6 Å². The molecule has 134 valence electrons. The van der Waals surface area contributed by atoms with E-state index in [-0.39, 0.29) is 6.10 Å². The van der Waals surface area contributed by atoms with Gasteiger partial charge in [-0.3, -0.25) is 9.89 Å². The molecular weight excluding hydrogens is 304 g/mol. The van der Waals surface area contributed by atoms with Gasteiger partial charge in [-0.2, -0.15) is 0 Å². The minimum absolute atomic E-state index is 0.208. The Kier molecular flexibility index (Phi) is 6.55. The number of piperidine rings is 1. The van der Waals surface area contributed by atoms with Crippen LogP contribution in [-0.4, -0.2) is 62.3 Å². The largest absolute Gasteiger partial charge is 0.469 e. The van der Waals surface area contributed by atoms with E-state index < -0.39 is 0 Å². The van der Waals surface area contributed by atoms with Gasteiger partial charge in [0.2, 0.25) is 0 Å². The van der Waals surface area contributed by atoms with Gasteiger partial charge in [0.25, 0.3) is 0 Å². The number of hydrogen-bond donors (Lipinski definition) is 2. The van der Waals surface area contributed by atoms with Crippen molar-refractivity contribution in [3.63, 3.8) is 0 Å². The Hall–Kier alpha value is -1.53. The summed E-state index contributed by atoms with van der Waals surface area (Å²) in [6, 6.07) is 4.55. The second-order valence-corrected chi connectivity index (χ2v) is 6.58. The first-order valence-electron chi connectivity index (χ1n) is 9.25. The van der Waals surface area contributed by atoms with Crippen molar-refractivity contribution in [2.24, 2.45) is 4.99 Å². The van der Waals surface area contributed by atoms with Gasteiger partial charge in [0.15, 0.2) is 5.96 Å². The van der Waals surface area contributed by atoms with Crippen LogP contribution in [0.25, 0.3) is 0 Å². The molecule has 2 atom stereocenters. The van der Waals surface area contributed by atoms with E-state index in [1.165, 1.54) is 25.8 Å². The molecule has 3 heterocycles. The highest BCUT2D eigenvalue weighted by molar-refractivity contribution is 5.79. The molecule has 3 rings (SSSR count). The van der Waals surface area contributed by atoms with Gasteiger partial charge in [-0.1, -0.05) is 6.42 Å². The first-order chi connectivity index (χ1) is 11.8. The van der Waals surface area contributed by atoms with E-state index in [0.29, 0.717) is 12.6 Å². The van der Waals surface area contributed by atoms with E-state index in [9.17, 15) is 0 Å². The number of guanidine groups is 1. The second kappa shape index (κ2) is 9.08. The lowest BCUT2D eigenvalue weighted by atomic mass is 10.0. The van der Waals surface area contributed by atoms with Crippen molar-refractivity contribution in [3.05, 3.63) is 24.2 Å². The molecule has 1 aromatic rings.